The first-order valence-electron chi connectivity index (χ1n) is 5.91. The van der Waals surface area contributed by atoms with Crippen molar-refractivity contribution in [3.8, 4) is 0 Å². The summed E-state index contributed by atoms with van der Waals surface area (Å²) >= 11 is 0. The lowest BCUT2D eigenvalue weighted by Crippen LogP contribution is -2.35. The molecule has 0 amide bonds. The number of rotatable bonds is 8. The third-order valence-electron chi connectivity index (χ3n) is 2.32. The van der Waals surface area contributed by atoms with Crippen LogP contribution >= 0.6 is 0 Å². The molecule has 0 aliphatic carbocycles. The number of hydrogen-bond acceptors (Lipinski definition) is 2. The van der Waals surface area contributed by atoms with Gasteiger partial charge in [-0.1, -0.05) is 40.5 Å². The van der Waals surface area contributed by atoms with E-state index < -0.39 is 10.0 Å². The van der Waals surface area contributed by atoms with E-state index in [1.165, 1.54) is 0 Å². The molecule has 0 aliphatic heterocycles. The van der Waals surface area contributed by atoms with Gasteiger partial charge >= 0.3 is 0 Å². The summed E-state index contributed by atoms with van der Waals surface area (Å²) < 4.78 is 25.4. The van der Waals surface area contributed by atoms with Crippen LogP contribution in [0.25, 0.3) is 0 Å². The second kappa shape index (κ2) is 7.23. The van der Waals surface area contributed by atoms with Gasteiger partial charge < -0.3 is 0 Å². The molecule has 0 rings (SSSR count). The third kappa shape index (κ3) is 6.15. The molecular weight excluding hydrogens is 210 g/mol. The Morgan fingerprint density at radius 3 is 2.13 bits per heavy atom. The van der Waals surface area contributed by atoms with Gasteiger partial charge in [0.25, 0.3) is 0 Å². The standard InChI is InChI=1S/C11H25NO2S/c1-5-7-8-9-15(13,14)12(6-2)10-11(3)4/h11H,5-10H2,1-4H3. The zero-order valence-electron chi connectivity index (χ0n) is 10.5. The van der Waals surface area contributed by atoms with Crippen molar-refractivity contribution in [2.24, 2.45) is 5.92 Å². The van der Waals surface area contributed by atoms with E-state index in [9.17, 15) is 8.42 Å². The Kier molecular flexibility index (Phi) is 7.18. The summed E-state index contributed by atoms with van der Waals surface area (Å²) in [5.41, 5.74) is 0. The number of sulfonamides is 1. The largest absolute Gasteiger partial charge is 0.214 e. The van der Waals surface area contributed by atoms with Crippen molar-refractivity contribution < 1.29 is 8.42 Å². The Morgan fingerprint density at radius 2 is 1.73 bits per heavy atom. The first-order valence-corrected chi connectivity index (χ1v) is 7.52. The molecule has 0 aromatic carbocycles. The number of nitrogens with zero attached hydrogens (tertiary/aromatic N) is 1. The molecule has 0 spiro atoms. The molecule has 0 atom stereocenters. The normalized spacial score (nSPS) is 12.7. The molecule has 0 aromatic rings. The van der Waals surface area contributed by atoms with Gasteiger partial charge in [-0.2, -0.15) is 0 Å². The van der Waals surface area contributed by atoms with E-state index in [0.717, 1.165) is 19.3 Å². The lowest BCUT2D eigenvalue weighted by Gasteiger charge is -2.22. The second-order valence-electron chi connectivity index (χ2n) is 4.37. The summed E-state index contributed by atoms with van der Waals surface area (Å²) in [4.78, 5) is 0. The Bertz CT molecular complexity index is 247. The topological polar surface area (TPSA) is 37.4 Å². The minimum atomic E-state index is -3.01. The molecule has 0 aromatic heterocycles. The van der Waals surface area contributed by atoms with Crippen LogP contribution in [0.4, 0.5) is 0 Å². The Labute approximate surface area is 94.9 Å². The van der Waals surface area contributed by atoms with Crippen molar-refractivity contribution in [3.05, 3.63) is 0 Å². The Hall–Kier alpha value is -0.0900. The van der Waals surface area contributed by atoms with Crippen molar-refractivity contribution in [2.45, 2.75) is 47.0 Å². The lowest BCUT2D eigenvalue weighted by atomic mass is 10.2. The molecule has 4 heteroatoms. The van der Waals surface area contributed by atoms with Crippen molar-refractivity contribution in [2.75, 3.05) is 18.8 Å². The van der Waals surface area contributed by atoms with Gasteiger partial charge in [-0.25, -0.2) is 12.7 Å². The first-order chi connectivity index (χ1) is 6.94. The quantitative estimate of drug-likeness (QED) is 0.606. The van der Waals surface area contributed by atoms with E-state index in [0.29, 0.717) is 24.8 Å². The van der Waals surface area contributed by atoms with E-state index in [1.807, 2.05) is 20.8 Å². The molecule has 15 heavy (non-hydrogen) atoms. The Balaban J connectivity index is 4.26. The van der Waals surface area contributed by atoms with E-state index in [4.69, 9.17) is 0 Å². The van der Waals surface area contributed by atoms with Gasteiger partial charge in [0.1, 0.15) is 0 Å². The molecular formula is C11H25NO2S. The maximum absolute atomic E-state index is 11.9. The SMILES string of the molecule is CCCCCS(=O)(=O)N(CC)CC(C)C. The van der Waals surface area contributed by atoms with Gasteiger partial charge in [-0.05, 0) is 12.3 Å². The fourth-order valence-corrected chi connectivity index (χ4v) is 3.26. The lowest BCUT2D eigenvalue weighted by molar-refractivity contribution is 0.380. The highest BCUT2D eigenvalue weighted by Crippen LogP contribution is 2.08. The molecule has 0 fully saturated rings. The molecule has 0 heterocycles. The molecule has 0 bridgehead atoms. The van der Waals surface area contributed by atoms with Crippen LogP contribution in [-0.4, -0.2) is 31.6 Å². The zero-order valence-corrected chi connectivity index (χ0v) is 11.3. The fourth-order valence-electron chi connectivity index (χ4n) is 1.51. The van der Waals surface area contributed by atoms with Gasteiger partial charge in [0.15, 0.2) is 0 Å². The monoisotopic (exact) mass is 235 g/mol. The van der Waals surface area contributed by atoms with Crippen LogP contribution in [0.5, 0.6) is 0 Å². The van der Waals surface area contributed by atoms with Crippen LogP contribution in [0.15, 0.2) is 0 Å². The van der Waals surface area contributed by atoms with Crippen LogP contribution in [0, 0.1) is 5.92 Å². The maximum Gasteiger partial charge on any atom is 0.214 e. The van der Waals surface area contributed by atoms with E-state index in [1.54, 1.807) is 4.31 Å². The summed E-state index contributed by atoms with van der Waals surface area (Å²) in [6.07, 6.45) is 2.84. The fraction of sp³-hybridized carbons (Fsp3) is 1.00. The highest BCUT2D eigenvalue weighted by Gasteiger charge is 2.20. The van der Waals surface area contributed by atoms with Gasteiger partial charge in [0.2, 0.25) is 10.0 Å². The molecule has 3 nitrogen and oxygen atoms in total. The van der Waals surface area contributed by atoms with E-state index >= 15 is 0 Å². The zero-order chi connectivity index (χ0) is 11.9. The minimum Gasteiger partial charge on any atom is -0.212 e. The molecule has 92 valence electrons. The highest BCUT2D eigenvalue weighted by molar-refractivity contribution is 7.89. The smallest absolute Gasteiger partial charge is 0.212 e. The maximum atomic E-state index is 11.9. The summed E-state index contributed by atoms with van der Waals surface area (Å²) in [6.45, 7) is 9.31. The summed E-state index contributed by atoms with van der Waals surface area (Å²) in [7, 11) is -3.01. The van der Waals surface area contributed by atoms with Crippen LogP contribution in [-0.2, 0) is 10.0 Å². The Morgan fingerprint density at radius 1 is 1.13 bits per heavy atom. The minimum absolute atomic E-state index is 0.307. The van der Waals surface area contributed by atoms with Crippen molar-refractivity contribution in [3.63, 3.8) is 0 Å². The first kappa shape index (κ1) is 14.9. The molecule has 0 saturated heterocycles. The average Bonchev–Trinajstić information content (AvgIpc) is 2.14. The van der Waals surface area contributed by atoms with Gasteiger partial charge in [-0.15, -0.1) is 0 Å². The van der Waals surface area contributed by atoms with Crippen molar-refractivity contribution >= 4 is 10.0 Å². The van der Waals surface area contributed by atoms with Gasteiger partial charge in [-0.3, -0.25) is 0 Å². The molecule has 0 N–H and O–H groups in total. The number of hydrogen-bond donors (Lipinski definition) is 0. The van der Waals surface area contributed by atoms with Crippen molar-refractivity contribution in [1.82, 2.24) is 4.31 Å². The summed E-state index contributed by atoms with van der Waals surface area (Å²) in [6, 6.07) is 0. The van der Waals surface area contributed by atoms with Crippen LogP contribution in [0.3, 0.4) is 0 Å². The van der Waals surface area contributed by atoms with Crippen molar-refractivity contribution in [1.29, 1.82) is 0 Å². The second-order valence-corrected chi connectivity index (χ2v) is 6.46. The molecule has 0 radical (unpaired) electrons. The number of unbranched alkanes of at least 4 members (excludes halogenated alkanes) is 2. The van der Waals surface area contributed by atoms with Crippen LogP contribution in [0.1, 0.15) is 47.0 Å². The average molecular weight is 235 g/mol. The highest BCUT2D eigenvalue weighted by atomic mass is 32.2. The molecule has 0 aliphatic rings. The van der Waals surface area contributed by atoms with Crippen LogP contribution in [0.2, 0.25) is 0 Å². The summed E-state index contributed by atoms with van der Waals surface area (Å²) in [5.74, 6) is 0.701. The van der Waals surface area contributed by atoms with Gasteiger partial charge in [0.05, 0.1) is 5.75 Å². The molecule has 0 saturated carbocycles. The van der Waals surface area contributed by atoms with E-state index in [-0.39, 0.29) is 0 Å². The predicted molar refractivity (Wildman–Crippen MR) is 65.4 cm³/mol. The van der Waals surface area contributed by atoms with Crippen LogP contribution < -0.4 is 0 Å². The predicted octanol–water partition coefficient (Wildman–Crippen LogP) is 2.48. The summed E-state index contributed by atoms with van der Waals surface area (Å²) in [5, 5.41) is 0. The third-order valence-corrected chi connectivity index (χ3v) is 4.32. The van der Waals surface area contributed by atoms with E-state index in [2.05, 4.69) is 6.92 Å². The molecule has 0 unspecified atom stereocenters. The van der Waals surface area contributed by atoms with Gasteiger partial charge in [0, 0.05) is 13.1 Å².